The van der Waals surface area contributed by atoms with E-state index in [4.69, 9.17) is 23.2 Å². The SMILES string of the molecule is C[S@](=O)c1cc(Cl)cc(Cl)c1. The highest BCUT2D eigenvalue weighted by Crippen LogP contribution is 2.20. The molecule has 0 radical (unpaired) electrons. The van der Waals surface area contributed by atoms with Crippen LogP contribution in [0.3, 0.4) is 0 Å². The van der Waals surface area contributed by atoms with Crippen LogP contribution in [0, 0.1) is 0 Å². The van der Waals surface area contributed by atoms with Crippen molar-refractivity contribution >= 4 is 34.0 Å². The molecule has 1 rings (SSSR count). The third kappa shape index (κ3) is 2.47. The first kappa shape index (κ1) is 9.04. The molecule has 0 aliphatic carbocycles. The van der Waals surface area contributed by atoms with Crippen LogP contribution in [-0.2, 0) is 10.8 Å². The summed E-state index contributed by atoms with van der Waals surface area (Å²) in [4.78, 5) is 0.655. The van der Waals surface area contributed by atoms with E-state index in [2.05, 4.69) is 0 Å². The van der Waals surface area contributed by atoms with Gasteiger partial charge in [-0.1, -0.05) is 23.2 Å². The Kier molecular flexibility index (Phi) is 2.93. The van der Waals surface area contributed by atoms with Crippen molar-refractivity contribution < 1.29 is 4.21 Å². The van der Waals surface area contributed by atoms with Gasteiger partial charge in [0, 0.05) is 32.0 Å². The molecule has 60 valence electrons. The average Bonchev–Trinajstić information content (AvgIpc) is 1.85. The molecule has 0 aliphatic rings. The number of benzene rings is 1. The lowest BCUT2D eigenvalue weighted by Gasteiger charge is -1.97. The maximum atomic E-state index is 10.9. The van der Waals surface area contributed by atoms with Crippen LogP contribution >= 0.6 is 23.2 Å². The first-order valence-corrected chi connectivity index (χ1v) is 5.20. The van der Waals surface area contributed by atoms with E-state index in [1.807, 2.05) is 0 Å². The van der Waals surface area contributed by atoms with Gasteiger partial charge in [0.1, 0.15) is 0 Å². The van der Waals surface area contributed by atoms with Crippen molar-refractivity contribution in [3.63, 3.8) is 0 Å². The zero-order chi connectivity index (χ0) is 8.43. The number of halogens is 2. The lowest BCUT2D eigenvalue weighted by Crippen LogP contribution is -1.86. The van der Waals surface area contributed by atoms with Gasteiger partial charge in [-0.15, -0.1) is 0 Å². The highest BCUT2D eigenvalue weighted by molar-refractivity contribution is 7.84. The molecule has 0 N–H and O–H groups in total. The van der Waals surface area contributed by atoms with Gasteiger partial charge in [0.25, 0.3) is 0 Å². The average molecular weight is 209 g/mol. The Morgan fingerprint density at radius 2 is 1.64 bits per heavy atom. The van der Waals surface area contributed by atoms with Crippen molar-refractivity contribution in [2.45, 2.75) is 4.90 Å². The molecule has 4 heteroatoms. The van der Waals surface area contributed by atoms with Crippen LogP contribution < -0.4 is 0 Å². The summed E-state index contributed by atoms with van der Waals surface area (Å²) in [5.74, 6) is 0. The highest BCUT2D eigenvalue weighted by atomic mass is 35.5. The summed E-state index contributed by atoms with van der Waals surface area (Å²) in [6.07, 6.45) is 1.59. The van der Waals surface area contributed by atoms with Crippen molar-refractivity contribution in [2.24, 2.45) is 0 Å². The monoisotopic (exact) mass is 208 g/mol. The van der Waals surface area contributed by atoms with Gasteiger partial charge in [0.2, 0.25) is 0 Å². The van der Waals surface area contributed by atoms with Gasteiger partial charge in [-0.2, -0.15) is 0 Å². The largest absolute Gasteiger partial charge is 0.255 e. The fourth-order valence-electron chi connectivity index (χ4n) is 0.694. The third-order valence-corrected chi connectivity index (χ3v) is 2.50. The Morgan fingerprint density at radius 3 is 2.00 bits per heavy atom. The molecule has 1 nitrogen and oxygen atoms in total. The second-order valence-corrected chi connectivity index (χ2v) is 4.31. The van der Waals surface area contributed by atoms with Crippen LogP contribution in [0.5, 0.6) is 0 Å². The van der Waals surface area contributed by atoms with E-state index in [0.29, 0.717) is 14.9 Å². The predicted molar refractivity (Wildman–Crippen MR) is 48.8 cm³/mol. The van der Waals surface area contributed by atoms with Gasteiger partial charge in [-0.3, -0.25) is 4.21 Å². The van der Waals surface area contributed by atoms with Gasteiger partial charge >= 0.3 is 0 Å². The Labute approximate surface area is 77.8 Å². The van der Waals surface area contributed by atoms with Crippen LogP contribution in [-0.4, -0.2) is 10.5 Å². The molecule has 11 heavy (non-hydrogen) atoms. The Hall–Kier alpha value is -0.0500. The number of hydrogen-bond donors (Lipinski definition) is 0. The van der Waals surface area contributed by atoms with Crippen molar-refractivity contribution in [3.05, 3.63) is 28.2 Å². The Balaban J connectivity index is 3.19. The predicted octanol–water partition coefficient (Wildman–Crippen LogP) is 2.73. The zero-order valence-corrected chi connectivity index (χ0v) is 8.13. The Bertz CT molecular complexity index is 278. The molecule has 0 heterocycles. The minimum absolute atomic E-state index is 0.516. The fourth-order valence-corrected chi connectivity index (χ4v) is 1.94. The normalized spacial score (nSPS) is 13.0. The molecule has 1 aromatic carbocycles. The minimum atomic E-state index is -1.02. The summed E-state index contributed by atoms with van der Waals surface area (Å²) >= 11 is 11.4. The molecule has 0 bridgehead atoms. The Morgan fingerprint density at radius 1 is 1.18 bits per heavy atom. The molecule has 0 aromatic heterocycles. The summed E-state index contributed by atoms with van der Waals surface area (Å²) in [6, 6.07) is 4.90. The topological polar surface area (TPSA) is 17.1 Å². The van der Waals surface area contributed by atoms with E-state index in [-0.39, 0.29) is 0 Å². The van der Waals surface area contributed by atoms with E-state index in [0.717, 1.165) is 0 Å². The van der Waals surface area contributed by atoms with Crippen LogP contribution in [0.2, 0.25) is 10.0 Å². The first-order valence-electron chi connectivity index (χ1n) is 2.89. The quantitative estimate of drug-likeness (QED) is 0.694. The molecule has 0 spiro atoms. The van der Waals surface area contributed by atoms with Crippen molar-refractivity contribution in [2.75, 3.05) is 6.26 Å². The van der Waals surface area contributed by atoms with Gasteiger partial charge in [0.15, 0.2) is 0 Å². The van der Waals surface area contributed by atoms with E-state index in [9.17, 15) is 4.21 Å². The summed E-state index contributed by atoms with van der Waals surface area (Å²) in [7, 11) is -1.02. The molecular formula is C7H6Cl2OS. The number of hydrogen-bond acceptors (Lipinski definition) is 1. The standard InChI is InChI=1S/C7H6Cl2OS/c1-11(10)7-3-5(8)2-6(9)4-7/h2-4H,1H3/t11-/m0/s1. The molecule has 0 amide bonds. The van der Waals surface area contributed by atoms with Gasteiger partial charge in [0.05, 0.1) is 0 Å². The molecule has 0 fully saturated rings. The molecule has 1 aromatic rings. The second kappa shape index (κ2) is 3.57. The van der Waals surface area contributed by atoms with Crippen LogP contribution in [0.25, 0.3) is 0 Å². The summed E-state index contributed by atoms with van der Waals surface area (Å²) in [6.45, 7) is 0. The third-order valence-electron chi connectivity index (χ3n) is 1.17. The first-order chi connectivity index (χ1) is 5.09. The maximum absolute atomic E-state index is 10.9. The fraction of sp³-hybridized carbons (Fsp3) is 0.143. The van der Waals surface area contributed by atoms with Gasteiger partial charge in [-0.25, -0.2) is 0 Å². The number of rotatable bonds is 1. The zero-order valence-electron chi connectivity index (χ0n) is 5.80. The summed E-state index contributed by atoms with van der Waals surface area (Å²) in [5, 5.41) is 1.03. The van der Waals surface area contributed by atoms with Crippen LogP contribution in [0.1, 0.15) is 0 Å². The van der Waals surface area contributed by atoms with Gasteiger partial charge in [-0.05, 0) is 18.2 Å². The lowest BCUT2D eigenvalue weighted by molar-refractivity contribution is 0.687. The van der Waals surface area contributed by atoms with Crippen LogP contribution in [0.15, 0.2) is 23.1 Å². The van der Waals surface area contributed by atoms with Crippen LogP contribution in [0.4, 0.5) is 0 Å². The summed E-state index contributed by atoms with van der Waals surface area (Å²) in [5.41, 5.74) is 0. The molecular weight excluding hydrogens is 203 g/mol. The lowest BCUT2D eigenvalue weighted by atomic mass is 10.4. The van der Waals surface area contributed by atoms with E-state index in [1.165, 1.54) is 0 Å². The highest BCUT2D eigenvalue weighted by Gasteiger charge is 2.00. The second-order valence-electron chi connectivity index (χ2n) is 2.06. The van der Waals surface area contributed by atoms with Gasteiger partial charge < -0.3 is 0 Å². The van der Waals surface area contributed by atoms with Crippen molar-refractivity contribution in [1.82, 2.24) is 0 Å². The molecule has 0 unspecified atom stereocenters. The molecule has 0 aliphatic heterocycles. The molecule has 0 saturated carbocycles. The van der Waals surface area contributed by atoms with E-state index >= 15 is 0 Å². The molecule has 0 saturated heterocycles. The van der Waals surface area contributed by atoms with E-state index < -0.39 is 10.8 Å². The van der Waals surface area contributed by atoms with Crippen molar-refractivity contribution in [3.8, 4) is 0 Å². The smallest absolute Gasteiger partial charge is 0.0499 e. The molecule has 1 atom stereocenters. The van der Waals surface area contributed by atoms with E-state index in [1.54, 1.807) is 24.5 Å². The van der Waals surface area contributed by atoms with Crippen molar-refractivity contribution in [1.29, 1.82) is 0 Å². The minimum Gasteiger partial charge on any atom is -0.255 e. The summed E-state index contributed by atoms with van der Waals surface area (Å²) < 4.78 is 10.9. The maximum Gasteiger partial charge on any atom is 0.0499 e.